The third-order valence-corrected chi connectivity index (χ3v) is 5.09. The first kappa shape index (κ1) is 19.3. The van der Waals surface area contributed by atoms with Crippen LogP contribution in [0.25, 0.3) is 22.2 Å². The van der Waals surface area contributed by atoms with Crippen LogP contribution in [0.5, 0.6) is 0 Å². The van der Waals surface area contributed by atoms with Gasteiger partial charge >= 0.3 is 5.69 Å². The number of carbonyl (C=O) groups is 1. The maximum Gasteiger partial charge on any atom is 0.330 e. The lowest BCUT2D eigenvalue weighted by molar-refractivity contribution is 0.0951. The molecule has 1 N–H and O–H groups in total. The summed E-state index contributed by atoms with van der Waals surface area (Å²) < 4.78 is 2.37. The molecule has 7 nitrogen and oxygen atoms in total. The quantitative estimate of drug-likeness (QED) is 0.569. The van der Waals surface area contributed by atoms with Crippen molar-refractivity contribution in [2.45, 2.75) is 6.54 Å². The van der Waals surface area contributed by atoms with E-state index in [0.717, 1.165) is 15.5 Å². The fourth-order valence-corrected chi connectivity index (χ4v) is 3.33. The van der Waals surface area contributed by atoms with Gasteiger partial charge in [-0.25, -0.2) is 9.78 Å². The van der Waals surface area contributed by atoms with Gasteiger partial charge in [-0.05, 0) is 12.1 Å². The highest BCUT2D eigenvalue weighted by Crippen LogP contribution is 2.24. The van der Waals surface area contributed by atoms with E-state index in [-0.39, 0.29) is 12.5 Å². The molecule has 0 bridgehead atoms. The summed E-state index contributed by atoms with van der Waals surface area (Å²) in [6.45, 7) is 0.0535. The first-order valence-corrected chi connectivity index (χ1v) is 9.45. The normalized spacial score (nSPS) is 10.9. The summed E-state index contributed by atoms with van der Waals surface area (Å²) >= 11 is 0. The van der Waals surface area contributed by atoms with Crippen molar-refractivity contribution in [1.29, 1.82) is 0 Å². The smallest absolute Gasteiger partial charge is 0.330 e. The molecule has 0 aliphatic heterocycles. The van der Waals surface area contributed by atoms with Gasteiger partial charge in [-0.2, -0.15) is 0 Å². The summed E-state index contributed by atoms with van der Waals surface area (Å²) in [6.07, 6.45) is 0. The second-order valence-corrected chi connectivity index (χ2v) is 7.00. The number of hydrogen-bond acceptors (Lipinski definition) is 4. The molecule has 2 heterocycles. The molecule has 0 radical (unpaired) electrons. The van der Waals surface area contributed by atoms with Gasteiger partial charge in [0.15, 0.2) is 0 Å². The second kappa shape index (κ2) is 7.79. The molecule has 0 saturated heterocycles. The number of hydrogen-bond donors (Lipinski definition) is 1. The van der Waals surface area contributed by atoms with E-state index in [9.17, 15) is 14.4 Å². The zero-order valence-corrected chi connectivity index (χ0v) is 16.6. The predicted molar refractivity (Wildman–Crippen MR) is 115 cm³/mol. The summed E-state index contributed by atoms with van der Waals surface area (Å²) in [4.78, 5) is 41.8. The number of carbonyl (C=O) groups excluding carboxylic acids is 1. The lowest BCUT2D eigenvalue weighted by Gasteiger charge is -2.13. The van der Waals surface area contributed by atoms with Gasteiger partial charge in [-0.3, -0.25) is 18.7 Å². The topological polar surface area (TPSA) is 86.0 Å². The molecule has 4 rings (SSSR count). The van der Waals surface area contributed by atoms with Crippen LogP contribution < -0.4 is 16.6 Å². The van der Waals surface area contributed by atoms with Crippen LogP contribution in [0.3, 0.4) is 0 Å². The molecule has 0 spiro atoms. The van der Waals surface area contributed by atoms with Gasteiger partial charge in [0.05, 0.1) is 23.3 Å². The summed E-state index contributed by atoms with van der Waals surface area (Å²) in [6, 6.07) is 20.2. The van der Waals surface area contributed by atoms with Crippen LogP contribution in [0.2, 0.25) is 0 Å². The largest absolute Gasteiger partial charge is 0.346 e. The molecule has 2 aromatic heterocycles. The molecule has 0 atom stereocenters. The molecule has 2 aromatic carbocycles. The van der Waals surface area contributed by atoms with E-state index in [4.69, 9.17) is 0 Å². The molecule has 0 fully saturated rings. The number of amides is 1. The molecule has 150 valence electrons. The third-order valence-electron chi connectivity index (χ3n) is 5.09. The Labute approximate surface area is 172 Å². The monoisotopic (exact) mass is 400 g/mol. The molecule has 4 aromatic rings. The Morgan fingerprint density at radius 2 is 1.63 bits per heavy atom. The lowest BCUT2D eigenvalue weighted by Crippen LogP contribution is -2.39. The van der Waals surface area contributed by atoms with Crippen molar-refractivity contribution in [3.63, 3.8) is 0 Å². The van der Waals surface area contributed by atoms with Crippen molar-refractivity contribution in [2.75, 3.05) is 0 Å². The van der Waals surface area contributed by atoms with Crippen molar-refractivity contribution in [3.8, 4) is 11.3 Å². The number of rotatable bonds is 4. The van der Waals surface area contributed by atoms with Crippen LogP contribution in [-0.4, -0.2) is 20.0 Å². The number of nitrogens with zero attached hydrogens (tertiary/aromatic N) is 3. The molecular weight excluding hydrogens is 380 g/mol. The zero-order chi connectivity index (χ0) is 21.3. The SMILES string of the molecule is Cn1c(CNC(=O)c2cc(-c3ccccc3)nc3ccccc23)cc(=O)n(C)c1=O. The molecule has 1 amide bonds. The average Bonchev–Trinajstić information content (AvgIpc) is 2.78. The van der Waals surface area contributed by atoms with Crippen molar-refractivity contribution >= 4 is 16.8 Å². The van der Waals surface area contributed by atoms with Crippen LogP contribution in [-0.2, 0) is 20.6 Å². The zero-order valence-electron chi connectivity index (χ0n) is 16.6. The number of aromatic nitrogens is 3. The maximum atomic E-state index is 13.1. The number of pyridine rings is 1. The van der Waals surface area contributed by atoms with Crippen molar-refractivity contribution in [3.05, 3.63) is 98.8 Å². The van der Waals surface area contributed by atoms with Crippen LogP contribution in [0.4, 0.5) is 0 Å². The molecule has 0 unspecified atom stereocenters. The van der Waals surface area contributed by atoms with Gasteiger partial charge in [-0.15, -0.1) is 0 Å². The summed E-state index contributed by atoms with van der Waals surface area (Å²) in [5.74, 6) is -0.307. The van der Waals surface area contributed by atoms with Gasteiger partial charge < -0.3 is 5.32 Å². The lowest BCUT2D eigenvalue weighted by atomic mass is 10.0. The fraction of sp³-hybridized carbons (Fsp3) is 0.130. The highest BCUT2D eigenvalue weighted by atomic mass is 16.2. The summed E-state index contributed by atoms with van der Waals surface area (Å²) in [5, 5.41) is 3.56. The van der Waals surface area contributed by atoms with Crippen LogP contribution in [0.15, 0.2) is 76.3 Å². The highest BCUT2D eigenvalue weighted by molar-refractivity contribution is 6.07. The maximum absolute atomic E-state index is 13.1. The highest BCUT2D eigenvalue weighted by Gasteiger charge is 2.15. The Balaban J connectivity index is 1.72. The number of para-hydroxylation sites is 1. The van der Waals surface area contributed by atoms with Crippen LogP contribution >= 0.6 is 0 Å². The van der Waals surface area contributed by atoms with E-state index >= 15 is 0 Å². The molecule has 0 saturated carbocycles. The Bertz CT molecular complexity index is 1370. The average molecular weight is 400 g/mol. The van der Waals surface area contributed by atoms with Crippen molar-refractivity contribution in [2.24, 2.45) is 14.1 Å². The first-order chi connectivity index (χ1) is 14.5. The van der Waals surface area contributed by atoms with E-state index < -0.39 is 11.2 Å². The Hall–Kier alpha value is -4.00. The van der Waals surface area contributed by atoms with Crippen LogP contribution in [0.1, 0.15) is 16.1 Å². The number of benzene rings is 2. The number of fused-ring (bicyclic) bond motifs is 1. The third kappa shape index (κ3) is 3.53. The van der Waals surface area contributed by atoms with Crippen molar-refractivity contribution < 1.29 is 4.79 Å². The first-order valence-electron chi connectivity index (χ1n) is 9.45. The van der Waals surface area contributed by atoms with Gasteiger partial charge in [0.1, 0.15) is 0 Å². The predicted octanol–water partition coefficient (Wildman–Crippen LogP) is 2.23. The Kier molecular flexibility index (Phi) is 5.02. The minimum Gasteiger partial charge on any atom is -0.346 e. The molecular formula is C23H20N4O3. The standard InChI is InChI=1S/C23H20N4O3/c1-26-16(12-21(28)27(2)23(26)30)14-24-22(29)18-13-20(15-8-4-3-5-9-15)25-19-11-7-6-10-17(18)19/h3-13H,14H2,1-2H3,(H,24,29). The minimum absolute atomic E-state index is 0.0535. The fourth-order valence-electron chi connectivity index (χ4n) is 3.33. The van der Waals surface area contributed by atoms with E-state index in [0.29, 0.717) is 22.5 Å². The second-order valence-electron chi connectivity index (χ2n) is 7.00. The van der Waals surface area contributed by atoms with Gasteiger partial charge in [-0.1, -0.05) is 48.5 Å². The van der Waals surface area contributed by atoms with Crippen LogP contribution in [0, 0.1) is 0 Å². The summed E-state index contributed by atoms with van der Waals surface area (Å²) in [7, 11) is 2.99. The van der Waals surface area contributed by atoms with Gasteiger partial charge in [0, 0.05) is 36.8 Å². The Morgan fingerprint density at radius 3 is 2.40 bits per heavy atom. The molecule has 0 aliphatic carbocycles. The van der Waals surface area contributed by atoms with E-state index in [1.54, 1.807) is 13.1 Å². The van der Waals surface area contributed by atoms with Gasteiger partial charge in [0.2, 0.25) is 0 Å². The van der Waals surface area contributed by atoms with E-state index in [2.05, 4.69) is 10.3 Å². The minimum atomic E-state index is -0.438. The van der Waals surface area contributed by atoms with Crippen molar-refractivity contribution in [1.82, 2.24) is 19.4 Å². The van der Waals surface area contributed by atoms with E-state index in [1.165, 1.54) is 17.7 Å². The Morgan fingerprint density at radius 1 is 0.933 bits per heavy atom. The molecule has 30 heavy (non-hydrogen) atoms. The van der Waals surface area contributed by atoms with E-state index in [1.807, 2.05) is 54.6 Å². The number of nitrogens with one attached hydrogen (secondary N) is 1. The summed E-state index contributed by atoms with van der Waals surface area (Å²) in [5.41, 5.74) is 2.37. The van der Waals surface area contributed by atoms with Gasteiger partial charge in [0.25, 0.3) is 11.5 Å². The molecule has 7 heteroatoms. The molecule has 0 aliphatic rings.